The third-order valence-electron chi connectivity index (χ3n) is 4.67. The topological polar surface area (TPSA) is 20.3 Å². The minimum atomic E-state index is 0.129. The Bertz CT molecular complexity index is 500. The maximum Gasteiger partial charge on any atom is 0.159 e. The van der Waals surface area contributed by atoms with Crippen molar-refractivity contribution >= 4 is 27.4 Å². The van der Waals surface area contributed by atoms with Crippen LogP contribution < -0.4 is 4.90 Å². The molecule has 2 unspecified atom stereocenters. The number of Topliss-reactive ketones (excluding diaryl/α,β-unsaturated/α-hetero) is 1. The summed E-state index contributed by atoms with van der Waals surface area (Å²) in [6.45, 7) is 2.78. The van der Waals surface area contributed by atoms with E-state index < -0.39 is 0 Å². The normalized spacial score (nSPS) is 26.3. The molecule has 2 aliphatic rings. The van der Waals surface area contributed by atoms with Crippen LogP contribution in [0, 0.1) is 5.92 Å². The van der Waals surface area contributed by atoms with Gasteiger partial charge in [0.15, 0.2) is 5.78 Å². The van der Waals surface area contributed by atoms with E-state index in [9.17, 15) is 4.79 Å². The lowest BCUT2D eigenvalue weighted by Gasteiger charge is -2.33. The second-order valence-electron chi connectivity index (χ2n) is 5.82. The fraction of sp³-hybridized carbons (Fsp3) is 0.562. The summed E-state index contributed by atoms with van der Waals surface area (Å²) >= 11 is 3.65. The van der Waals surface area contributed by atoms with Crippen LogP contribution >= 0.6 is 15.9 Å². The summed E-state index contributed by atoms with van der Waals surface area (Å²) in [5.74, 6) is 1.01. The average molecular weight is 322 g/mol. The average Bonchev–Trinajstić information content (AvgIpc) is 2.82. The summed E-state index contributed by atoms with van der Waals surface area (Å²) in [5, 5.41) is 0. The third-order valence-corrected chi connectivity index (χ3v) is 5.31. The van der Waals surface area contributed by atoms with Crippen molar-refractivity contribution in [3.05, 3.63) is 28.2 Å². The van der Waals surface area contributed by atoms with E-state index >= 15 is 0 Å². The number of fused-ring (bicyclic) bond motifs is 1. The van der Waals surface area contributed by atoms with E-state index in [1.807, 2.05) is 12.1 Å². The van der Waals surface area contributed by atoms with Crippen molar-refractivity contribution in [2.75, 3.05) is 11.4 Å². The zero-order valence-corrected chi connectivity index (χ0v) is 12.9. The first kappa shape index (κ1) is 13.2. The van der Waals surface area contributed by atoms with E-state index in [-0.39, 0.29) is 5.78 Å². The van der Waals surface area contributed by atoms with Crippen LogP contribution in [0.4, 0.5) is 5.69 Å². The summed E-state index contributed by atoms with van der Waals surface area (Å²) in [4.78, 5) is 14.0. The van der Waals surface area contributed by atoms with E-state index in [1.54, 1.807) is 6.92 Å². The molecule has 19 heavy (non-hydrogen) atoms. The van der Waals surface area contributed by atoms with Crippen LogP contribution in [0.3, 0.4) is 0 Å². The molecule has 102 valence electrons. The van der Waals surface area contributed by atoms with E-state index in [0.717, 1.165) is 22.5 Å². The largest absolute Gasteiger partial charge is 0.367 e. The van der Waals surface area contributed by atoms with Gasteiger partial charge in [-0.05, 0) is 66.2 Å². The molecule has 0 amide bonds. The van der Waals surface area contributed by atoms with Gasteiger partial charge < -0.3 is 4.90 Å². The van der Waals surface area contributed by atoms with Gasteiger partial charge in [0.1, 0.15) is 0 Å². The molecule has 0 spiro atoms. The Labute approximate surface area is 123 Å². The zero-order valence-electron chi connectivity index (χ0n) is 11.4. The number of nitrogens with zero attached hydrogens (tertiary/aromatic N) is 1. The molecule has 2 fully saturated rings. The molecule has 1 aromatic carbocycles. The molecule has 3 rings (SSSR count). The number of anilines is 1. The van der Waals surface area contributed by atoms with Crippen molar-refractivity contribution in [1.82, 2.24) is 0 Å². The first-order chi connectivity index (χ1) is 9.16. The molecule has 0 N–H and O–H groups in total. The van der Waals surface area contributed by atoms with Crippen LogP contribution in [-0.4, -0.2) is 18.4 Å². The highest BCUT2D eigenvalue weighted by molar-refractivity contribution is 9.10. The third kappa shape index (κ3) is 2.45. The highest BCUT2D eigenvalue weighted by Gasteiger charge is 2.36. The van der Waals surface area contributed by atoms with Crippen molar-refractivity contribution < 1.29 is 4.79 Å². The number of hydrogen-bond donors (Lipinski definition) is 0. The Balaban J connectivity index is 1.88. The Morgan fingerprint density at radius 1 is 1.26 bits per heavy atom. The predicted octanol–water partition coefficient (Wildman–Crippen LogP) is 4.42. The predicted molar refractivity (Wildman–Crippen MR) is 81.9 cm³/mol. The number of ketones is 1. The SMILES string of the molecule is CC(=O)c1ccc(N2CCC3CCCCC32)c(Br)c1. The summed E-state index contributed by atoms with van der Waals surface area (Å²) in [6, 6.07) is 6.75. The van der Waals surface area contributed by atoms with Crippen LogP contribution in [0.2, 0.25) is 0 Å². The van der Waals surface area contributed by atoms with Crippen molar-refractivity contribution in [1.29, 1.82) is 0 Å². The van der Waals surface area contributed by atoms with E-state index in [2.05, 4.69) is 26.9 Å². The van der Waals surface area contributed by atoms with E-state index in [0.29, 0.717) is 6.04 Å². The van der Waals surface area contributed by atoms with Gasteiger partial charge in [-0.15, -0.1) is 0 Å². The summed E-state index contributed by atoms with van der Waals surface area (Å²) in [5.41, 5.74) is 2.05. The van der Waals surface area contributed by atoms with Gasteiger partial charge in [0.05, 0.1) is 5.69 Å². The second-order valence-corrected chi connectivity index (χ2v) is 6.67. The lowest BCUT2D eigenvalue weighted by molar-refractivity contribution is 0.101. The molecule has 1 aliphatic heterocycles. The number of rotatable bonds is 2. The first-order valence-corrected chi connectivity index (χ1v) is 8.03. The van der Waals surface area contributed by atoms with Crippen molar-refractivity contribution in [2.45, 2.75) is 45.1 Å². The quantitative estimate of drug-likeness (QED) is 0.751. The Hall–Kier alpha value is -0.830. The molecule has 3 heteroatoms. The molecule has 1 saturated heterocycles. The van der Waals surface area contributed by atoms with Crippen molar-refractivity contribution in [3.63, 3.8) is 0 Å². The molecule has 1 aliphatic carbocycles. The van der Waals surface area contributed by atoms with Crippen molar-refractivity contribution in [2.24, 2.45) is 5.92 Å². The van der Waals surface area contributed by atoms with Gasteiger partial charge in [0.25, 0.3) is 0 Å². The number of halogens is 1. The van der Waals surface area contributed by atoms with Crippen LogP contribution in [0.25, 0.3) is 0 Å². The monoisotopic (exact) mass is 321 g/mol. The lowest BCUT2D eigenvalue weighted by atomic mass is 9.85. The fourth-order valence-corrected chi connectivity index (χ4v) is 4.27. The fourth-order valence-electron chi connectivity index (χ4n) is 3.66. The number of carbonyl (C=O) groups excluding carboxylic acids is 1. The van der Waals surface area contributed by atoms with Gasteiger partial charge in [0, 0.05) is 22.6 Å². The van der Waals surface area contributed by atoms with Gasteiger partial charge in [-0.2, -0.15) is 0 Å². The Kier molecular flexibility index (Phi) is 3.66. The molecule has 1 heterocycles. The number of benzene rings is 1. The second kappa shape index (κ2) is 5.28. The summed E-state index contributed by atoms with van der Waals surface area (Å²) in [7, 11) is 0. The molecule has 2 atom stereocenters. The van der Waals surface area contributed by atoms with E-state index in [1.165, 1.54) is 37.8 Å². The lowest BCUT2D eigenvalue weighted by Crippen LogP contribution is -2.34. The molecular weight excluding hydrogens is 302 g/mol. The summed E-state index contributed by atoms with van der Waals surface area (Å²) < 4.78 is 1.06. The maximum absolute atomic E-state index is 11.4. The first-order valence-electron chi connectivity index (χ1n) is 7.24. The Morgan fingerprint density at radius 2 is 2.05 bits per heavy atom. The molecular formula is C16H20BrNO. The zero-order chi connectivity index (χ0) is 13.4. The number of carbonyl (C=O) groups is 1. The molecule has 1 saturated carbocycles. The minimum absolute atomic E-state index is 0.129. The molecule has 0 aromatic heterocycles. The highest BCUT2D eigenvalue weighted by Crippen LogP contribution is 2.41. The van der Waals surface area contributed by atoms with Crippen LogP contribution in [-0.2, 0) is 0 Å². The van der Waals surface area contributed by atoms with Gasteiger partial charge in [-0.3, -0.25) is 4.79 Å². The van der Waals surface area contributed by atoms with E-state index in [4.69, 9.17) is 0 Å². The van der Waals surface area contributed by atoms with Gasteiger partial charge in [-0.25, -0.2) is 0 Å². The molecule has 2 nitrogen and oxygen atoms in total. The maximum atomic E-state index is 11.4. The van der Waals surface area contributed by atoms with Gasteiger partial charge >= 0.3 is 0 Å². The van der Waals surface area contributed by atoms with Crippen molar-refractivity contribution in [3.8, 4) is 0 Å². The highest BCUT2D eigenvalue weighted by atomic mass is 79.9. The number of hydrogen-bond acceptors (Lipinski definition) is 2. The van der Waals surface area contributed by atoms with Gasteiger partial charge in [-0.1, -0.05) is 12.8 Å². The molecule has 0 radical (unpaired) electrons. The minimum Gasteiger partial charge on any atom is -0.367 e. The molecule has 1 aromatic rings. The van der Waals surface area contributed by atoms with Crippen LogP contribution in [0.15, 0.2) is 22.7 Å². The summed E-state index contributed by atoms with van der Waals surface area (Å²) in [6.07, 6.45) is 6.81. The van der Waals surface area contributed by atoms with Crippen LogP contribution in [0.5, 0.6) is 0 Å². The van der Waals surface area contributed by atoms with Gasteiger partial charge in [0.2, 0.25) is 0 Å². The molecule has 0 bridgehead atoms. The Morgan fingerprint density at radius 3 is 2.79 bits per heavy atom. The smallest absolute Gasteiger partial charge is 0.159 e. The standard InChI is InChI=1S/C16H20BrNO/c1-11(19)13-6-7-16(14(17)10-13)18-9-8-12-4-2-3-5-15(12)18/h6-7,10,12,15H,2-5,8-9H2,1H3. The van der Waals surface area contributed by atoms with Crippen LogP contribution in [0.1, 0.15) is 49.4 Å².